The van der Waals surface area contributed by atoms with Gasteiger partial charge >= 0.3 is 0 Å². The maximum atomic E-state index is 13.1. The Morgan fingerprint density at radius 2 is 2.12 bits per heavy atom. The van der Waals surface area contributed by atoms with Gasteiger partial charge in [-0.2, -0.15) is 0 Å². The van der Waals surface area contributed by atoms with E-state index in [2.05, 4.69) is 32.3 Å². The third kappa shape index (κ3) is 5.36. The van der Waals surface area contributed by atoms with Gasteiger partial charge in [0, 0.05) is 29.3 Å². The van der Waals surface area contributed by atoms with Crippen molar-refractivity contribution >= 4 is 39.9 Å². The fourth-order valence-corrected chi connectivity index (χ4v) is 3.70. The number of carbonyl (C=O) groups is 2. The van der Waals surface area contributed by atoms with E-state index in [0.29, 0.717) is 22.2 Å². The van der Waals surface area contributed by atoms with Crippen molar-refractivity contribution in [1.82, 2.24) is 19.7 Å². The number of ether oxygens (including phenoxy) is 1. The van der Waals surface area contributed by atoms with E-state index < -0.39 is 17.4 Å². The van der Waals surface area contributed by atoms with Crippen LogP contribution in [0.4, 0.5) is 5.13 Å². The number of rotatable bonds is 6. The number of halogens is 1. The lowest BCUT2D eigenvalue weighted by Crippen LogP contribution is -2.29. The SMILES string of the molecule is COc1cnc(Cl)cc1-c1cn(CC(N)=O)c(=O)cc1C(=O)Nc1nnc(C#CC2CC2)s1. The van der Waals surface area contributed by atoms with Crippen LogP contribution in [0.3, 0.4) is 0 Å². The van der Waals surface area contributed by atoms with Gasteiger partial charge in [0.1, 0.15) is 17.4 Å². The maximum absolute atomic E-state index is 13.1. The molecule has 2 amide bonds. The Labute approximate surface area is 196 Å². The average molecular weight is 485 g/mol. The topological polar surface area (TPSA) is 142 Å². The van der Waals surface area contributed by atoms with E-state index in [-0.39, 0.29) is 28.0 Å². The summed E-state index contributed by atoms with van der Waals surface area (Å²) in [5.74, 6) is 5.41. The molecule has 0 radical (unpaired) electrons. The predicted octanol–water partition coefficient (Wildman–Crippen LogP) is 1.92. The smallest absolute Gasteiger partial charge is 0.258 e. The second kappa shape index (κ2) is 9.40. The molecule has 4 rings (SSSR count). The molecule has 1 aliphatic carbocycles. The summed E-state index contributed by atoms with van der Waals surface area (Å²) in [6, 6.07) is 2.60. The molecule has 168 valence electrons. The first kappa shape index (κ1) is 22.4. The molecule has 3 heterocycles. The predicted molar refractivity (Wildman–Crippen MR) is 122 cm³/mol. The van der Waals surface area contributed by atoms with Gasteiger partial charge in [0.2, 0.25) is 11.0 Å². The van der Waals surface area contributed by atoms with Crippen molar-refractivity contribution in [3.63, 3.8) is 0 Å². The van der Waals surface area contributed by atoms with Crippen LogP contribution in [0.15, 0.2) is 29.3 Å². The zero-order chi connectivity index (χ0) is 23.5. The summed E-state index contributed by atoms with van der Waals surface area (Å²) in [7, 11) is 1.43. The van der Waals surface area contributed by atoms with E-state index in [1.807, 2.05) is 0 Å². The van der Waals surface area contributed by atoms with Crippen LogP contribution in [-0.2, 0) is 11.3 Å². The number of nitrogens with one attached hydrogen (secondary N) is 1. The fourth-order valence-electron chi connectivity index (χ4n) is 2.94. The molecular weight excluding hydrogens is 468 g/mol. The molecule has 0 bridgehead atoms. The highest BCUT2D eigenvalue weighted by Gasteiger charge is 2.21. The minimum absolute atomic E-state index is 0.0158. The minimum atomic E-state index is -0.714. The van der Waals surface area contributed by atoms with Crippen molar-refractivity contribution in [3.8, 4) is 28.7 Å². The van der Waals surface area contributed by atoms with E-state index in [1.165, 1.54) is 25.6 Å². The van der Waals surface area contributed by atoms with E-state index in [9.17, 15) is 14.4 Å². The number of amides is 2. The van der Waals surface area contributed by atoms with Crippen LogP contribution >= 0.6 is 22.9 Å². The largest absolute Gasteiger partial charge is 0.494 e. The van der Waals surface area contributed by atoms with Crippen LogP contribution in [0.25, 0.3) is 11.1 Å². The molecule has 33 heavy (non-hydrogen) atoms. The van der Waals surface area contributed by atoms with Gasteiger partial charge in [-0.15, -0.1) is 10.2 Å². The number of aromatic nitrogens is 4. The van der Waals surface area contributed by atoms with Crippen LogP contribution in [0.1, 0.15) is 28.2 Å². The highest BCUT2D eigenvalue weighted by atomic mass is 35.5. The Kier molecular flexibility index (Phi) is 6.39. The molecule has 3 aromatic heterocycles. The lowest BCUT2D eigenvalue weighted by molar-refractivity contribution is -0.118. The molecule has 1 aliphatic rings. The summed E-state index contributed by atoms with van der Waals surface area (Å²) in [6.45, 7) is -0.367. The number of pyridine rings is 2. The summed E-state index contributed by atoms with van der Waals surface area (Å²) >= 11 is 7.19. The zero-order valence-corrected chi connectivity index (χ0v) is 18.9. The molecule has 0 aromatic carbocycles. The van der Waals surface area contributed by atoms with E-state index in [1.54, 1.807) is 0 Å². The molecule has 3 aromatic rings. The molecule has 0 spiro atoms. The van der Waals surface area contributed by atoms with Crippen LogP contribution in [0.2, 0.25) is 5.15 Å². The first-order valence-corrected chi connectivity index (χ1v) is 10.9. The molecule has 0 saturated heterocycles. The summed E-state index contributed by atoms with van der Waals surface area (Å²) in [5.41, 5.74) is 5.36. The standard InChI is InChI=1S/C21H17ClN6O4S/c1-32-15-8-24-16(22)6-12(15)14-9-28(10-17(23)29)19(30)7-13(14)20(31)25-21-27-26-18(33-21)5-4-11-2-3-11/h6-9,11H,2-3,10H2,1H3,(H2,23,29)(H,25,27,31). The first-order valence-electron chi connectivity index (χ1n) is 9.73. The average Bonchev–Trinajstić information content (AvgIpc) is 3.51. The monoisotopic (exact) mass is 484 g/mol. The molecule has 0 unspecified atom stereocenters. The van der Waals surface area contributed by atoms with Gasteiger partial charge in [-0.3, -0.25) is 19.7 Å². The van der Waals surface area contributed by atoms with E-state index in [4.69, 9.17) is 22.1 Å². The maximum Gasteiger partial charge on any atom is 0.258 e. The van der Waals surface area contributed by atoms with Gasteiger partial charge in [0.05, 0.1) is 18.9 Å². The summed E-state index contributed by atoms with van der Waals surface area (Å²) in [4.78, 5) is 41.1. The Morgan fingerprint density at radius 3 is 2.82 bits per heavy atom. The number of nitrogens with zero attached hydrogens (tertiary/aromatic N) is 4. The highest BCUT2D eigenvalue weighted by Crippen LogP contribution is 2.33. The number of carbonyl (C=O) groups excluding carboxylic acids is 2. The molecule has 0 aliphatic heterocycles. The molecule has 1 saturated carbocycles. The second-order valence-electron chi connectivity index (χ2n) is 7.15. The van der Waals surface area contributed by atoms with Crippen molar-refractivity contribution in [1.29, 1.82) is 0 Å². The van der Waals surface area contributed by atoms with Crippen molar-refractivity contribution in [3.05, 3.63) is 50.6 Å². The Balaban J connectivity index is 1.74. The number of anilines is 1. The van der Waals surface area contributed by atoms with Crippen molar-refractivity contribution in [2.75, 3.05) is 12.4 Å². The van der Waals surface area contributed by atoms with Gasteiger partial charge in [-0.1, -0.05) is 28.9 Å². The first-order chi connectivity index (χ1) is 15.8. The summed E-state index contributed by atoms with van der Waals surface area (Å²) in [6.07, 6.45) is 4.91. The Bertz CT molecular complexity index is 1370. The Hall–Kier alpha value is -3.75. The van der Waals surface area contributed by atoms with Crippen LogP contribution in [0.5, 0.6) is 5.75 Å². The summed E-state index contributed by atoms with van der Waals surface area (Å²) < 4.78 is 6.44. The molecule has 0 atom stereocenters. The molecular formula is C21H17ClN6O4S. The van der Waals surface area contributed by atoms with Crippen LogP contribution in [-0.4, -0.2) is 38.7 Å². The van der Waals surface area contributed by atoms with Crippen molar-refractivity contribution in [2.24, 2.45) is 11.7 Å². The molecule has 1 fully saturated rings. The Morgan fingerprint density at radius 1 is 1.33 bits per heavy atom. The lowest BCUT2D eigenvalue weighted by Gasteiger charge is -2.15. The summed E-state index contributed by atoms with van der Waals surface area (Å²) in [5, 5.41) is 11.4. The fraction of sp³-hybridized carbons (Fsp3) is 0.238. The van der Waals surface area contributed by atoms with Crippen LogP contribution < -0.4 is 21.3 Å². The molecule has 10 nitrogen and oxygen atoms in total. The van der Waals surface area contributed by atoms with Crippen molar-refractivity contribution in [2.45, 2.75) is 19.4 Å². The van der Waals surface area contributed by atoms with E-state index in [0.717, 1.165) is 34.8 Å². The van der Waals surface area contributed by atoms with Crippen LogP contribution in [0, 0.1) is 17.8 Å². The van der Waals surface area contributed by atoms with Crippen molar-refractivity contribution < 1.29 is 14.3 Å². The molecule has 3 N–H and O–H groups in total. The number of methoxy groups -OCH3 is 1. The zero-order valence-electron chi connectivity index (χ0n) is 17.3. The van der Waals surface area contributed by atoms with Gasteiger partial charge in [-0.05, 0) is 24.8 Å². The third-order valence-electron chi connectivity index (χ3n) is 4.65. The minimum Gasteiger partial charge on any atom is -0.494 e. The quantitative estimate of drug-likeness (QED) is 0.402. The lowest BCUT2D eigenvalue weighted by atomic mass is 10.0. The second-order valence-corrected chi connectivity index (χ2v) is 8.52. The van der Waals surface area contributed by atoms with Gasteiger partial charge < -0.3 is 15.0 Å². The van der Waals surface area contributed by atoms with Gasteiger partial charge in [-0.25, -0.2) is 4.98 Å². The number of nitrogens with two attached hydrogens (primary N) is 1. The highest BCUT2D eigenvalue weighted by molar-refractivity contribution is 7.15. The number of hydrogen-bond acceptors (Lipinski definition) is 8. The normalized spacial score (nSPS) is 12.5. The van der Waals surface area contributed by atoms with Gasteiger partial charge in [0.25, 0.3) is 11.5 Å². The number of primary amides is 1. The van der Waals surface area contributed by atoms with Gasteiger partial charge in [0.15, 0.2) is 5.01 Å². The van der Waals surface area contributed by atoms with E-state index >= 15 is 0 Å². The molecule has 12 heteroatoms. The number of hydrogen-bond donors (Lipinski definition) is 2. The third-order valence-corrected chi connectivity index (χ3v) is 5.61.